The third-order valence-electron chi connectivity index (χ3n) is 5.01. The smallest absolute Gasteiger partial charge is 0.320 e. The molecule has 25 heavy (non-hydrogen) atoms. The second kappa shape index (κ2) is 8.10. The molecule has 0 saturated carbocycles. The molecule has 3 rings (SSSR count). The van der Waals surface area contributed by atoms with Gasteiger partial charge in [0.25, 0.3) is 0 Å². The zero-order chi connectivity index (χ0) is 17.8. The van der Waals surface area contributed by atoms with Crippen LogP contribution in [0.2, 0.25) is 0 Å². The largest absolute Gasteiger partial charge is 0.378 e. The SMILES string of the molecule is CN(C(=O)N1CCOCC1)C1CCCN(Cc2cc(F)ccc2F)C1. The highest BCUT2D eigenvalue weighted by atomic mass is 19.1. The Morgan fingerprint density at radius 1 is 1.28 bits per heavy atom. The first-order chi connectivity index (χ1) is 12.0. The highest BCUT2D eigenvalue weighted by Gasteiger charge is 2.29. The first-order valence-electron chi connectivity index (χ1n) is 8.80. The van der Waals surface area contributed by atoms with Crippen molar-refractivity contribution in [3.63, 3.8) is 0 Å². The molecule has 7 heteroatoms. The number of nitrogens with zero attached hydrogens (tertiary/aromatic N) is 3. The van der Waals surface area contributed by atoms with E-state index in [1.807, 2.05) is 11.9 Å². The predicted octanol–water partition coefficient (Wildman–Crippen LogP) is 2.31. The van der Waals surface area contributed by atoms with Crippen molar-refractivity contribution in [2.45, 2.75) is 25.4 Å². The average Bonchev–Trinajstić information content (AvgIpc) is 2.64. The van der Waals surface area contributed by atoms with Crippen LogP contribution in [0.25, 0.3) is 0 Å². The second-order valence-corrected chi connectivity index (χ2v) is 6.76. The van der Waals surface area contributed by atoms with E-state index < -0.39 is 5.82 Å². The van der Waals surface area contributed by atoms with Crippen molar-refractivity contribution in [1.82, 2.24) is 14.7 Å². The summed E-state index contributed by atoms with van der Waals surface area (Å²) in [5, 5.41) is 0. The molecule has 2 amide bonds. The van der Waals surface area contributed by atoms with E-state index >= 15 is 0 Å². The molecular weight excluding hydrogens is 328 g/mol. The molecule has 0 N–H and O–H groups in total. The quantitative estimate of drug-likeness (QED) is 0.837. The third-order valence-corrected chi connectivity index (χ3v) is 5.01. The molecule has 0 aromatic heterocycles. The van der Waals surface area contributed by atoms with Gasteiger partial charge < -0.3 is 14.5 Å². The molecule has 0 bridgehead atoms. The number of morpholine rings is 1. The van der Waals surface area contributed by atoms with Crippen LogP contribution < -0.4 is 0 Å². The van der Waals surface area contributed by atoms with Crippen LogP contribution in [0.3, 0.4) is 0 Å². The standard InChI is InChI=1S/C18H25F2N3O2/c1-21(18(24)23-7-9-25-10-8-23)16-3-2-6-22(13-16)12-14-11-15(19)4-5-17(14)20/h4-5,11,16H,2-3,6-10,12-13H2,1H3. The second-order valence-electron chi connectivity index (χ2n) is 6.76. The number of benzene rings is 1. The predicted molar refractivity (Wildman–Crippen MR) is 90.2 cm³/mol. The molecule has 2 aliphatic heterocycles. The number of hydrogen-bond donors (Lipinski definition) is 0. The van der Waals surface area contributed by atoms with Gasteiger partial charge in [0.1, 0.15) is 11.6 Å². The number of amides is 2. The topological polar surface area (TPSA) is 36.0 Å². The lowest BCUT2D eigenvalue weighted by molar-refractivity contribution is 0.0365. The minimum absolute atomic E-state index is 0.0205. The van der Waals surface area contributed by atoms with E-state index in [2.05, 4.69) is 4.90 Å². The van der Waals surface area contributed by atoms with Gasteiger partial charge in [-0.1, -0.05) is 0 Å². The molecule has 0 spiro atoms. The van der Waals surface area contributed by atoms with Gasteiger partial charge in [-0.2, -0.15) is 0 Å². The fraction of sp³-hybridized carbons (Fsp3) is 0.611. The third kappa shape index (κ3) is 4.46. The Labute approximate surface area is 147 Å². The molecule has 0 aliphatic carbocycles. The monoisotopic (exact) mass is 353 g/mol. The number of carbonyl (C=O) groups is 1. The Bertz CT molecular complexity index is 608. The Morgan fingerprint density at radius 2 is 2.04 bits per heavy atom. The molecule has 2 saturated heterocycles. The van der Waals surface area contributed by atoms with Crippen LogP contribution in [0.15, 0.2) is 18.2 Å². The van der Waals surface area contributed by atoms with Crippen molar-refractivity contribution < 1.29 is 18.3 Å². The van der Waals surface area contributed by atoms with Crippen molar-refractivity contribution >= 4 is 6.03 Å². The summed E-state index contributed by atoms with van der Waals surface area (Å²) in [6.07, 6.45) is 1.86. The highest BCUT2D eigenvalue weighted by Crippen LogP contribution is 2.20. The number of halogens is 2. The molecule has 2 aliphatic rings. The lowest BCUT2D eigenvalue weighted by Crippen LogP contribution is -2.54. The van der Waals surface area contributed by atoms with Crippen LogP contribution >= 0.6 is 0 Å². The number of piperidine rings is 1. The molecule has 2 fully saturated rings. The van der Waals surface area contributed by atoms with Gasteiger partial charge in [-0.15, -0.1) is 0 Å². The van der Waals surface area contributed by atoms with E-state index in [4.69, 9.17) is 4.74 Å². The van der Waals surface area contributed by atoms with Crippen LogP contribution in [0, 0.1) is 11.6 Å². The maximum absolute atomic E-state index is 13.9. The summed E-state index contributed by atoms with van der Waals surface area (Å²) < 4.78 is 32.5. The van der Waals surface area contributed by atoms with Gasteiger partial charge in [-0.3, -0.25) is 4.90 Å². The lowest BCUT2D eigenvalue weighted by atomic mass is 10.0. The van der Waals surface area contributed by atoms with Crippen molar-refractivity contribution in [3.05, 3.63) is 35.4 Å². The average molecular weight is 353 g/mol. The van der Waals surface area contributed by atoms with E-state index in [0.29, 0.717) is 45.0 Å². The maximum atomic E-state index is 13.9. The number of hydrogen-bond acceptors (Lipinski definition) is 3. The molecular formula is C18H25F2N3O2. The van der Waals surface area contributed by atoms with Gasteiger partial charge in [0.15, 0.2) is 0 Å². The molecule has 2 heterocycles. The minimum atomic E-state index is -0.426. The number of likely N-dealkylation sites (tertiary alicyclic amines) is 1. The van der Waals surface area contributed by atoms with Crippen molar-refractivity contribution in [2.24, 2.45) is 0 Å². The van der Waals surface area contributed by atoms with Crippen molar-refractivity contribution in [3.8, 4) is 0 Å². The number of urea groups is 1. The van der Waals surface area contributed by atoms with Gasteiger partial charge in [0, 0.05) is 44.8 Å². The first kappa shape index (κ1) is 18.1. The fourth-order valence-electron chi connectivity index (χ4n) is 3.53. The summed E-state index contributed by atoms with van der Waals surface area (Å²) in [5.74, 6) is -0.814. The van der Waals surface area contributed by atoms with Crippen LogP contribution in [0.4, 0.5) is 13.6 Å². The Kier molecular flexibility index (Phi) is 5.86. The van der Waals surface area contributed by atoms with Crippen LogP contribution in [-0.2, 0) is 11.3 Å². The van der Waals surface area contributed by atoms with Gasteiger partial charge >= 0.3 is 6.03 Å². The Morgan fingerprint density at radius 3 is 2.80 bits per heavy atom. The van der Waals surface area contributed by atoms with E-state index in [-0.39, 0.29) is 17.9 Å². The summed E-state index contributed by atoms with van der Waals surface area (Å²) in [7, 11) is 1.83. The van der Waals surface area contributed by atoms with E-state index in [0.717, 1.165) is 25.5 Å². The molecule has 1 unspecified atom stereocenters. The van der Waals surface area contributed by atoms with Crippen LogP contribution in [0.5, 0.6) is 0 Å². The fourth-order valence-corrected chi connectivity index (χ4v) is 3.53. The summed E-state index contributed by atoms with van der Waals surface area (Å²) in [4.78, 5) is 18.3. The molecule has 0 radical (unpaired) electrons. The summed E-state index contributed by atoms with van der Waals surface area (Å²) in [5.41, 5.74) is 0.364. The zero-order valence-electron chi connectivity index (χ0n) is 14.6. The Hall–Kier alpha value is -1.73. The number of carbonyl (C=O) groups excluding carboxylic acids is 1. The van der Waals surface area contributed by atoms with Crippen molar-refractivity contribution in [1.29, 1.82) is 0 Å². The number of likely N-dealkylation sites (N-methyl/N-ethyl adjacent to an activating group) is 1. The molecule has 1 aromatic carbocycles. The summed E-state index contributed by atoms with van der Waals surface area (Å²) in [6.45, 7) is 4.25. The molecule has 1 aromatic rings. The van der Waals surface area contributed by atoms with E-state index in [9.17, 15) is 13.6 Å². The number of rotatable bonds is 3. The normalized spacial score (nSPS) is 22.0. The minimum Gasteiger partial charge on any atom is -0.378 e. The number of ether oxygens (including phenoxy) is 1. The van der Waals surface area contributed by atoms with E-state index in [1.54, 1.807) is 4.90 Å². The lowest BCUT2D eigenvalue weighted by Gasteiger charge is -2.40. The first-order valence-corrected chi connectivity index (χ1v) is 8.80. The van der Waals surface area contributed by atoms with Gasteiger partial charge in [-0.05, 0) is 37.6 Å². The van der Waals surface area contributed by atoms with Gasteiger partial charge in [0.2, 0.25) is 0 Å². The van der Waals surface area contributed by atoms with Crippen LogP contribution in [-0.4, -0.2) is 73.2 Å². The summed E-state index contributed by atoms with van der Waals surface area (Å²) in [6, 6.07) is 3.65. The van der Waals surface area contributed by atoms with Crippen LogP contribution in [0.1, 0.15) is 18.4 Å². The summed E-state index contributed by atoms with van der Waals surface area (Å²) >= 11 is 0. The maximum Gasteiger partial charge on any atom is 0.320 e. The molecule has 138 valence electrons. The highest BCUT2D eigenvalue weighted by molar-refractivity contribution is 5.74. The Balaban J connectivity index is 1.60. The van der Waals surface area contributed by atoms with Crippen molar-refractivity contribution in [2.75, 3.05) is 46.4 Å². The zero-order valence-corrected chi connectivity index (χ0v) is 14.6. The van der Waals surface area contributed by atoms with E-state index in [1.165, 1.54) is 12.1 Å². The van der Waals surface area contributed by atoms with Gasteiger partial charge in [0.05, 0.1) is 13.2 Å². The molecule has 1 atom stereocenters. The van der Waals surface area contributed by atoms with Gasteiger partial charge in [-0.25, -0.2) is 13.6 Å². The molecule has 5 nitrogen and oxygen atoms in total.